The van der Waals surface area contributed by atoms with Gasteiger partial charge in [0.15, 0.2) is 5.82 Å². The Kier molecular flexibility index (Phi) is 16.0. The molecule has 0 radical (unpaired) electrons. The van der Waals surface area contributed by atoms with Crippen molar-refractivity contribution in [2.75, 3.05) is 83.8 Å². The van der Waals surface area contributed by atoms with Gasteiger partial charge in [-0.3, -0.25) is 34.3 Å². The number of amides is 5. The standard InChI is InChI=1S/C54H61ClFN7O12/c1-31(29-60-15-13-34(14-16-60)73-23-21-71-19-20-72-22-24-74-35-9-10-37-39(27-35)51(68)63(50(37)67)42-11-12-44(65)57-49(42)66)75-52-58-47-40(48(59-52)61-17-18-62(53(69)70)43(30-61)54(2,3)4)28-41(55)45(46(47)56)38-26-33(64)25-32-7-5-6-8-36(32)38/h5-10,25-28,31,34,42-43,64H,11-24,29-30H2,1-4H3,(H,69,70)(H,57,65,66)/t31-,42?,43?/m1/s1. The molecule has 75 heavy (non-hydrogen) atoms. The maximum Gasteiger partial charge on any atom is 0.407 e. The first-order valence-corrected chi connectivity index (χ1v) is 25.6. The van der Waals surface area contributed by atoms with Crippen LogP contribution in [0.4, 0.5) is 15.0 Å². The zero-order valence-electron chi connectivity index (χ0n) is 42.3. The summed E-state index contributed by atoms with van der Waals surface area (Å²) in [5.74, 6) is -2.28. The molecule has 19 nitrogen and oxygen atoms in total. The van der Waals surface area contributed by atoms with Crippen LogP contribution in [-0.4, -0.2) is 168 Å². The van der Waals surface area contributed by atoms with Gasteiger partial charge in [0, 0.05) is 56.6 Å². The number of halogens is 2. The highest BCUT2D eigenvalue weighted by Gasteiger charge is 2.45. The summed E-state index contributed by atoms with van der Waals surface area (Å²) in [4.78, 5) is 78.4. The molecule has 1 aromatic heterocycles. The van der Waals surface area contributed by atoms with Crippen molar-refractivity contribution in [2.45, 2.75) is 77.7 Å². The lowest BCUT2D eigenvalue weighted by Gasteiger charge is -2.46. The van der Waals surface area contributed by atoms with Crippen molar-refractivity contribution in [1.29, 1.82) is 0 Å². The van der Waals surface area contributed by atoms with Crippen LogP contribution in [0.1, 0.15) is 74.1 Å². The number of phenolic OH excluding ortho intramolecular Hbond substituents is 1. The number of ether oxygens (including phenoxy) is 5. The van der Waals surface area contributed by atoms with Gasteiger partial charge in [-0.05, 0) is 84.3 Å². The van der Waals surface area contributed by atoms with Crippen molar-refractivity contribution < 1.29 is 62.3 Å². The Balaban J connectivity index is 0.742. The number of phenols is 1. The van der Waals surface area contributed by atoms with Gasteiger partial charge in [0.2, 0.25) is 11.8 Å². The quantitative estimate of drug-likeness (QED) is 0.0598. The summed E-state index contributed by atoms with van der Waals surface area (Å²) in [5, 5.41) is 24.8. The highest BCUT2D eigenvalue weighted by atomic mass is 35.5. The summed E-state index contributed by atoms with van der Waals surface area (Å²) < 4.78 is 46.9. The third-order valence-corrected chi connectivity index (χ3v) is 14.4. The van der Waals surface area contributed by atoms with Crippen molar-refractivity contribution in [3.05, 3.63) is 82.6 Å². The van der Waals surface area contributed by atoms with Gasteiger partial charge in [-0.1, -0.05) is 56.6 Å². The molecule has 5 heterocycles. The Morgan fingerprint density at radius 1 is 0.853 bits per heavy atom. The van der Waals surface area contributed by atoms with Crippen LogP contribution < -0.4 is 19.7 Å². The number of benzene rings is 4. The number of carbonyl (C=O) groups excluding carboxylic acids is 4. The summed E-state index contributed by atoms with van der Waals surface area (Å²) in [6, 6.07) is 15.1. The van der Waals surface area contributed by atoms with Crippen LogP contribution in [0.15, 0.2) is 60.7 Å². The summed E-state index contributed by atoms with van der Waals surface area (Å²) in [6.07, 6.45) is 0.366. The van der Waals surface area contributed by atoms with Crippen LogP contribution >= 0.6 is 11.6 Å². The second-order valence-corrected chi connectivity index (χ2v) is 20.7. The summed E-state index contributed by atoms with van der Waals surface area (Å²) >= 11 is 6.97. The van der Waals surface area contributed by atoms with Gasteiger partial charge < -0.3 is 43.7 Å². The number of piperazine rings is 1. The normalized spacial score (nSPS) is 19.3. The SMILES string of the molecule is C[C@H](CN1CCC(OCCOCCOCCOc2ccc3c(c2)C(=O)N(C2CCC(=O)NC2=O)C3=O)CC1)Oc1nc(N2CCN(C(=O)O)C(C(C)(C)C)C2)c2cc(Cl)c(-c3cc(O)cc4ccccc34)c(F)c2n1. The highest BCUT2D eigenvalue weighted by Crippen LogP contribution is 2.43. The molecule has 0 aliphatic carbocycles. The van der Waals surface area contributed by atoms with E-state index in [0.717, 1.165) is 30.8 Å². The number of nitrogens with zero attached hydrogens (tertiary/aromatic N) is 6. The number of hydrogen-bond donors (Lipinski definition) is 3. The van der Waals surface area contributed by atoms with Gasteiger partial charge >= 0.3 is 12.1 Å². The molecule has 4 aliphatic rings. The molecule has 3 fully saturated rings. The fourth-order valence-corrected chi connectivity index (χ4v) is 10.6. The van der Waals surface area contributed by atoms with E-state index in [2.05, 4.69) is 15.2 Å². The third kappa shape index (κ3) is 11.7. The van der Waals surface area contributed by atoms with E-state index in [4.69, 9.17) is 40.3 Å². The first-order chi connectivity index (χ1) is 35.9. The summed E-state index contributed by atoms with van der Waals surface area (Å²) in [5.41, 5.74) is 0.347. The molecule has 0 saturated carbocycles. The first kappa shape index (κ1) is 53.1. The highest BCUT2D eigenvalue weighted by molar-refractivity contribution is 6.35. The minimum Gasteiger partial charge on any atom is -0.508 e. The number of carboxylic acid groups (broad SMARTS) is 1. The van der Waals surface area contributed by atoms with E-state index in [-0.39, 0.29) is 77.7 Å². The van der Waals surface area contributed by atoms with Crippen molar-refractivity contribution in [2.24, 2.45) is 5.41 Å². The van der Waals surface area contributed by atoms with Crippen LogP contribution in [0.25, 0.3) is 32.8 Å². The van der Waals surface area contributed by atoms with E-state index in [9.17, 15) is 34.2 Å². The number of aromatic hydroxyl groups is 1. The molecule has 3 atom stereocenters. The second kappa shape index (κ2) is 22.6. The maximum absolute atomic E-state index is 17.3. The van der Waals surface area contributed by atoms with Crippen molar-refractivity contribution in [3.63, 3.8) is 0 Å². The van der Waals surface area contributed by atoms with E-state index in [1.165, 1.54) is 23.1 Å². The number of piperidine rings is 2. The van der Waals surface area contributed by atoms with Crippen molar-refractivity contribution >= 4 is 68.8 Å². The molecule has 0 spiro atoms. The van der Waals surface area contributed by atoms with Gasteiger partial charge in [0.1, 0.15) is 41.6 Å². The minimum absolute atomic E-state index is 0.0148. The molecule has 21 heteroatoms. The molecule has 5 amide bonds. The third-order valence-electron chi connectivity index (χ3n) is 14.1. The van der Waals surface area contributed by atoms with Crippen LogP contribution in [0.2, 0.25) is 5.02 Å². The number of aromatic nitrogens is 2. The number of fused-ring (bicyclic) bond motifs is 3. The zero-order valence-corrected chi connectivity index (χ0v) is 43.1. The number of hydrogen-bond acceptors (Lipinski definition) is 15. The molecule has 2 unspecified atom stereocenters. The van der Waals surface area contributed by atoms with E-state index >= 15 is 4.39 Å². The zero-order chi connectivity index (χ0) is 53.1. The van der Waals surface area contributed by atoms with E-state index in [0.29, 0.717) is 79.4 Å². The number of nitrogens with one attached hydrogen (secondary N) is 1. The molecule has 398 valence electrons. The smallest absolute Gasteiger partial charge is 0.407 e. The molecular formula is C54H61ClFN7O12. The van der Waals surface area contributed by atoms with Gasteiger partial charge in [-0.25, -0.2) is 9.18 Å². The number of likely N-dealkylation sites (tertiary alicyclic amines) is 1. The van der Waals surface area contributed by atoms with Gasteiger partial charge in [0.05, 0.1) is 61.3 Å². The summed E-state index contributed by atoms with van der Waals surface area (Å²) in [6.45, 7) is 12.7. The number of imide groups is 2. The number of carbonyl (C=O) groups is 5. The average Bonchev–Trinajstić information content (AvgIpc) is 3.62. The Hall–Kier alpha value is -6.71. The second-order valence-electron chi connectivity index (χ2n) is 20.3. The fourth-order valence-electron chi connectivity index (χ4n) is 10.3. The van der Waals surface area contributed by atoms with Crippen LogP contribution in [0.5, 0.6) is 17.5 Å². The lowest BCUT2D eigenvalue weighted by Crippen LogP contribution is -2.59. The van der Waals surface area contributed by atoms with Crippen molar-refractivity contribution in [3.8, 4) is 28.6 Å². The fraction of sp³-hybridized carbons (Fsp3) is 0.463. The lowest BCUT2D eigenvalue weighted by atomic mass is 9.84. The minimum atomic E-state index is -1.04. The maximum atomic E-state index is 17.3. The van der Waals surface area contributed by atoms with Crippen LogP contribution in [0, 0.1) is 11.2 Å². The Bertz CT molecular complexity index is 3000. The largest absolute Gasteiger partial charge is 0.508 e. The van der Waals surface area contributed by atoms with Gasteiger partial charge in [-0.15, -0.1) is 0 Å². The Labute approximate surface area is 437 Å². The lowest BCUT2D eigenvalue weighted by molar-refractivity contribution is -0.136. The molecule has 5 aromatic rings. The van der Waals surface area contributed by atoms with Gasteiger partial charge in [0.25, 0.3) is 11.8 Å². The Morgan fingerprint density at radius 2 is 1.57 bits per heavy atom. The predicted octanol–water partition coefficient (Wildman–Crippen LogP) is 6.92. The molecule has 4 aromatic carbocycles. The van der Waals surface area contributed by atoms with Gasteiger partial charge in [-0.2, -0.15) is 9.97 Å². The Morgan fingerprint density at radius 3 is 2.31 bits per heavy atom. The number of rotatable bonds is 18. The molecule has 3 N–H and O–H groups in total. The molecular weight excluding hydrogens is 993 g/mol. The van der Waals surface area contributed by atoms with E-state index in [1.54, 1.807) is 18.2 Å². The molecule has 4 aliphatic heterocycles. The number of anilines is 1. The van der Waals surface area contributed by atoms with E-state index in [1.807, 2.05) is 56.9 Å². The molecule has 0 bridgehead atoms. The monoisotopic (exact) mass is 1050 g/mol. The summed E-state index contributed by atoms with van der Waals surface area (Å²) in [7, 11) is 0. The van der Waals surface area contributed by atoms with Crippen molar-refractivity contribution in [1.82, 2.24) is 30.0 Å². The molecule has 3 saturated heterocycles. The van der Waals surface area contributed by atoms with E-state index < -0.39 is 59.1 Å². The molecule has 9 rings (SSSR count). The van der Waals surface area contributed by atoms with Crippen LogP contribution in [0.3, 0.4) is 0 Å². The van der Waals surface area contributed by atoms with Crippen LogP contribution in [-0.2, 0) is 23.8 Å². The first-order valence-electron chi connectivity index (χ1n) is 25.3. The topological polar surface area (TPSA) is 223 Å². The average molecular weight is 1050 g/mol. The predicted molar refractivity (Wildman–Crippen MR) is 275 cm³/mol.